The number of piperidine rings is 1. The van der Waals surface area contributed by atoms with Crippen molar-refractivity contribution in [2.24, 2.45) is 5.92 Å². The fourth-order valence-electron chi connectivity index (χ4n) is 2.07. The monoisotopic (exact) mass is 287 g/mol. The van der Waals surface area contributed by atoms with Crippen molar-refractivity contribution in [2.45, 2.75) is 38.5 Å². The number of hydrogen-bond donors (Lipinski definition) is 0. The number of alkyl halides is 1. The molecule has 1 aliphatic rings. The van der Waals surface area contributed by atoms with Crippen LogP contribution in [0.25, 0.3) is 0 Å². The first kappa shape index (κ1) is 13.7. The molecule has 0 radical (unpaired) electrons. The van der Waals surface area contributed by atoms with Crippen molar-refractivity contribution >= 4 is 29.0 Å². The minimum absolute atomic E-state index is 0.0336. The number of carbonyl (C=O) groups excluding carboxylic acids is 1. The molecule has 1 aromatic rings. The van der Waals surface area contributed by atoms with E-state index in [4.69, 9.17) is 11.6 Å². The Labute approximate surface area is 116 Å². The predicted molar refractivity (Wildman–Crippen MR) is 73.3 cm³/mol. The fraction of sp³-hybridized carbons (Fsp3) is 0.750. The average Bonchev–Trinajstić information content (AvgIpc) is 2.81. The molecule has 4 nitrogen and oxygen atoms in total. The van der Waals surface area contributed by atoms with Gasteiger partial charge in [-0.2, -0.15) is 0 Å². The molecule has 18 heavy (non-hydrogen) atoms. The van der Waals surface area contributed by atoms with Crippen LogP contribution in [-0.4, -0.2) is 38.9 Å². The highest BCUT2D eigenvalue weighted by Gasteiger charge is 2.30. The maximum Gasteiger partial charge on any atom is 0.267 e. The summed E-state index contributed by atoms with van der Waals surface area (Å²) in [6, 6.07) is 0. The molecule has 0 aliphatic carbocycles. The lowest BCUT2D eigenvalue weighted by Crippen LogP contribution is -2.43. The molecule has 2 unspecified atom stereocenters. The summed E-state index contributed by atoms with van der Waals surface area (Å²) < 4.78 is 3.90. The largest absolute Gasteiger partial charge is 0.336 e. The summed E-state index contributed by atoms with van der Waals surface area (Å²) in [7, 11) is 0. The van der Waals surface area contributed by atoms with Crippen LogP contribution in [0.3, 0.4) is 0 Å². The van der Waals surface area contributed by atoms with Gasteiger partial charge in [0.05, 0.1) is 11.1 Å². The second kappa shape index (κ2) is 5.53. The Morgan fingerprint density at radius 1 is 1.56 bits per heavy atom. The topological polar surface area (TPSA) is 46.1 Å². The van der Waals surface area contributed by atoms with Gasteiger partial charge in [-0.1, -0.05) is 25.3 Å². The van der Waals surface area contributed by atoms with E-state index in [-0.39, 0.29) is 17.2 Å². The van der Waals surface area contributed by atoms with Crippen LogP contribution in [0.2, 0.25) is 0 Å². The van der Waals surface area contributed by atoms with Crippen LogP contribution in [-0.2, 0) is 0 Å². The Hall–Kier alpha value is -0.680. The highest BCUT2D eigenvalue weighted by Crippen LogP contribution is 2.26. The van der Waals surface area contributed by atoms with E-state index < -0.39 is 0 Å². The third-order valence-corrected chi connectivity index (χ3v) is 4.71. The molecule has 6 heteroatoms. The average molecular weight is 288 g/mol. The lowest BCUT2D eigenvalue weighted by Gasteiger charge is -2.33. The van der Waals surface area contributed by atoms with Crippen LogP contribution in [0.15, 0.2) is 0 Å². The van der Waals surface area contributed by atoms with Gasteiger partial charge in [0.15, 0.2) is 0 Å². The van der Waals surface area contributed by atoms with Crippen LogP contribution in [0.1, 0.15) is 48.5 Å². The molecule has 1 aliphatic heterocycles. The number of likely N-dealkylation sites (tertiary alicyclic amines) is 1. The zero-order valence-electron chi connectivity index (χ0n) is 10.9. The molecule has 0 N–H and O–H groups in total. The number of amides is 1. The van der Waals surface area contributed by atoms with Gasteiger partial charge in [-0.15, -0.1) is 16.7 Å². The quantitative estimate of drug-likeness (QED) is 0.786. The number of hydrogen-bond acceptors (Lipinski definition) is 4. The van der Waals surface area contributed by atoms with Crippen molar-refractivity contribution < 1.29 is 4.79 Å². The van der Waals surface area contributed by atoms with Gasteiger partial charge >= 0.3 is 0 Å². The molecule has 1 fully saturated rings. The summed E-state index contributed by atoms with van der Waals surface area (Å²) >= 11 is 7.43. The zero-order valence-corrected chi connectivity index (χ0v) is 12.5. The molecule has 0 aromatic carbocycles. The van der Waals surface area contributed by atoms with Crippen molar-refractivity contribution in [2.75, 3.05) is 13.1 Å². The van der Waals surface area contributed by atoms with Crippen LogP contribution < -0.4 is 0 Å². The normalized spacial score (nSPS) is 24.6. The molecular weight excluding hydrogens is 270 g/mol. The summed E-state index contributed by atoms with van der Waals surface area (Å²) in [5.74, 6) is 0.726. The van der Waals surface area contributed by atoms with E-state index in [1.807, 2.05) is 18.7 Å². The van der Waals surface area contributed by atoms with Crippen LogP contribution in [0.4, 0.5) is 0 Å². The Morgan fingerprint density at radius 3 is 2.89 bits per heavy atom. The van der Waals surface area contributed by atoms with Crippen molar-refractivity contribution in [1.29, 1.82) is 0 Å². The van der Waals surface area contributed by atoms with Crippen molar-refractivity contribution in [3.63, 3.8) is 0 Å². The standard InChI is InChI=1S/C12H18ClN3OS/c1-7(2)10-11(18-15-14-10)12(17)16-5-4-8(3)9(13)6-16/h7-9H,4-6H2,1-3H3. The predicted octanol–water partition coefficient (Wildman–Crippen LogP) is 2.75. The molecule has 100 valence electrons. The van der Waals surface area contributed by atoms with Gasteiger partial charge < -0.3 is 4.90 Å². The first-order valence-electron chi connectivity index (χ1n) is 6.26. The molecule has 0 spiro atoms. The summed E-state index contributed by atoms with van der Waals surface area (Å²) in [5, 5.41) is 4.10. The molecule has 0 bridgehead atoms. The van der Waals surface area contributed by atoms with E-state index in [0.29, 0.717) is 17.3 Å². The second-order valence-corrected chi connectivity index (χ2v) is 6.49. The first-order valence-corrected chi connectivity index (χ1v) is 7.47. The fourth-order valence-corrected chi connectivity index (χ4v) is 3.15. The van der Waals surface area contributed by atoms with Gasteiger partial charge in [0.25, 0.3) is 5.91 Å². The van der Waals surface area contributed by atoms with E-state index >= 15 is 0 Å². The Bertz CT molecular complexity index is 435. The van der Waals surface area contributed by atoms with Crippen LogP contribution in [0.5, 0.6) is 0 Å². The zero-order chi connectivity index (χ0) is 13.3. The SMILES string of the molecule is CC(C)c1nnsc1C(=O)N1CCC(C)C(Cl)C1. The Morgan fingerprint density at radius 2 is 2.28 bits per heavy atom. The molecule has 2 rings (SSSR count). The van der Waals surface area contributed by atoms with E-state index in [0.717, 1.165) is 18.7 Å². The maximum absolute atomic E-state index is 12.4. The molecule has 0 saturated carbocycles. The van der Waals surface area contributed by atoms with Gasteiger partial charge in [0.1, 0.15) is 4.88 Å². The van der Waals surface area contributed by atoms with Gasteiger partial charge in [-0.25, -0.2) is 0 Å². The van der Waals surface area contributed by atoms with Crippen molar-refractivity contribution in [3.8, 4) is 0 Å². The third kappa shape index (κ3) is 2.67. The molecule has 2 atom stereocenters. The van der Waals surface area contributed by atoms with Crippen molar-refractivity contribution in [3.05, 3.63) is 10.6 Å². The molecular formula is C12H18ClN3OS. The van der Waals surface area contributed by atoms with Gasteiger partial charge in [0, 0.05) is 13.1 Å². The van der Waals surface area contributed by atoms with E-state index in [9.17, 15) is 4.79 Å². The Balaban J connectivity index is 2.14. The molecule has 1 aromatic heterocycles. The maximum atomic E-state index is 12.4. The Kier molecular flexibility index (Phi) is 4.22. The lowest BCUT2D eigenvalue weighted by molar-refractivity contribution is 0.0704. The number of aromatic nitrogens is 2. The molecule has 1 saturated heterocycles. The highest BCUT2D eigenvalue weighted by molar-refractivity contribution is 7.08. The van der Waals surface area contributed by atoms with Crippen LogP contribution >= 0.6 is 23.1 Å². The van der Waals surface area contributed by atoms with Gasteiger partial charge in [0.2, 0.25) is 0 Å². The molecule has 1 amide bonds. The van der Waals surface area contributed by atoms with Crippen LogP contribution in [0, 0.1) is 5.92 Å². The van der Waals surface area contributed by atoms with E-state index in [1.54, 1.807) is 0 Å². The smallest absolute Gasteiger partial charge is 0.267 e. The van der Waals surface area contributed by atoms with E-state index in [2.05, 4.69) is 16.5 Å². The minimum atomic E-state index is 0.0336. The third-order valence-electron chi connectivity index (χ3n) is 3.41. The minimum Gasteiger partial charge on any atom is -0.336 e. The number of rotatable bonds is 2. The number of nitrogens with zero attached hydrogens (tertiary/aromatic N) is 3. The van der Waals surface area contributed by atoms with Gasteiger partial charge in [-0.3, -0.25) is 4.79 Å². The molecule has 2 heterocycles. The number of halogens is 1. The summed E-state index contributed by atoms with van der Waals surface area (Å²) in [4.78, 5) is 14.9. The summed E-state index contributed by atoms with van der Waals surface area (Å²) in [6.45, 7) is 7.58. The second-order valence-electron chi connectivity index (χ2n) is 5.18. The van der Waals surface area contributed by atoms with Crippen molar-refractivity contribution in [1.82, 2.24) is 14.5 Å². The van der Waals surface area contributed by atoms with E-state index in [1.165, 1.54) is 11.5 Å². The summed E-state index contributed by atoms with van der Waals surface area (Å²) in [5.41, 5.74) is 0.801. The lowest BCUT2D eigenvalue weighted by atomic mass is 9.98. The highest BCUT2D eigenvalue weighted by atomic mass is 35.5. The number of carbonyl (C=O) groups is 1. The first-order chi connectivity index (χ1) is 8.50. The summed E-state index contributed by atoms with van der Waals surface area (Å²) in [6.07, 6.45) is 0.961. The van der Waals surface area contributed by atoms with Gasteiger partial charge in [-0.05, 0) is 29.8 Å².